The lowest BCUT2D eigenvalue weighted by molar-refractivity contribution is 0.108. The Kier molecular flexibility index (Phi) is 1.86. The molecule has 0 amide bonds. The predicted molar refractivity (Wildman–Crippen MR) is 49.9 cm³/mol. The summed E-state index contributed by atoms with van der Waals surface area (Å²) in [4.78, 5) is 5.33. The maximum atomic E-state index is 5.59. The molecule has 1 aromatic heterocycles. The van der Waals surface area contributed by atoms with Crippen molar-refractivity contribution in [3.8, 4) is 0 Å². The summed E-state index contributed by atoms with van der Waals surface area (Å²) < 4.78 is 5.29. The highest BCUT2D eigenvalue weighted by Crippen LogP contribution is 2.35. The van der Waals surface area contributed by atoms with Crippen LogP contribution in [0, 0.1) is 0 Å². The Hall–Kier alpha value is -0.870. The molecule has 0 fully saturated rings. The van der Waals surface area contributed by atoms with Crippen molar-refractivity contribution in [1.82, 2.24) is 4.98 Å². The third kappa shape index (κ3) is 1.13. The molecule has 0 radical (unpaired) electrons. The van der Waals surface area contributed by atoms with Gasteiger partial charge in [0, 0.05) is 7.11 Å². The molecule has 1 atom stereocenters. The highest BCUT2D eigenvalue weighted by molar-refractivity contribution is 7.15. The number of fused-ring (bicyclic) bond motifs is 1. The van der Waals surface area contributed by atoms with Crippen molar-refractivity contribution in [2.75, 3.05) is 12.8 Å². The molecule has 0 aliphatic heterocycles. The van der Waals surface area contributed by atoms with Gasteiger partial charge in [-0.3, -0.25) is 0 Å². The number of nitrogen functional groups attached to an aromatic ring is 1. The fourth-order valence-corrected chi connectivity index (χ4v) is 2.24. The van der Waals surface area contributed by atoms with Gasteiger partial charge in [0.2, 0.25) is 0 Å². The van der Waals surface area contributed by atoms with E-state index in [9.17, 15) is 0 Å². The number of hydrogen-bond donors (Lipinski definition) is 1. The minimum absolute atomic E-state index is 0.153. The van der Waals surface area contributed by atoms with Crippen LogP contribution in [0.1, 0.15) is 23.1 Å². The standard InChI is InChI=1S/C8H10N2OS/c1-11-6-4-2-3-5-7(6)12-8(9)10-5/h2-3,6H,4H2,1H3,(H2,9,10). The van der Waals surface area contributed by atoms with Gasteiger partial charge in [-0.1, -0.05) is 17.4 Å². The number of thiazole rings is 1. The molecule has 64 valence electrons. The lowest BCUT2D eigenvalue weighted by Crippen LogP contribution is -2.02. The van der Waals surface area contributed by atoms with Crippen LogP contribution < -0.4 is 5.73 Å². The van der Waals surface area contributed by atoms with Crippen molar-refractivity contribution in [3.63, 3.8) is 0 Å². The largest absolute Gasteiger partial charge is 0.376 e. The van der Waals surface area contributed by atoms with E-state index in [1.54, 1.807) is 7.11 Å². The van der Waals surface area contributed by atoms with E-state index in [2.05, 4.69) is 11.1 Å². The van der Waals surface area contributed by atoms with E-state index in [4.69, 9.17) is 10.5 Å². The maximum Gasteiger partial charge on any atom is 0.180 e. The first kappa shape index (κ1) is 7.76. The lowest BCUT2D eigenvalue weighted by Gasteiger charge is -2.14. The molecule has 2 N–H and O–H groups in total. The van der Waals surface area contributed by atoms with E-state index < -0.39 is 0 Å². The summed E-state index contributed by atoms with van der Waals surface area (Å²) in [5.74, 6) is 0. The maximum absolute atomic E-state index is 5.59. The van der Waals surface area contributed by atoms with Crippen molar-refractivity contribution in [2.24, 2.45) is 0 Å². The number of rotatable bonds is 1. The van der Waals surface area contributed by atoms with Crippen LogP contribution in [0.3, 0.4) is 0 Å². The Morgan fingerprint density at radius 1 is 1.75 bits per heavy atom. The van der Waals surface area contributed by atoms with Crippen LogP contribution in [0.4, 0.5) is 5.13 Å². The summed E-state index contributed by atoms with van der Waals surface area (Å²) >= 11 is 1.51. The highest BCUT2D eigenvalue weighted by atomic mass is 32.1. The second-order valence-electron chi connectivity index (χ2n) is 2.66. The van der Waals surface area contributed by atoms with Gasteiger partial charge in [-0.2, -0.15) is 0 Å². The van der Waals surface area contributed by atoms with Gasteiger partial charge in [-0.25, -0.2) is 4.98 Å². The number of nitrogens with zero attached hydrogens (tertiary/aromatic N) is 1. The van der Waals surface area contributed by atoms with Crippen LogP contribution in [-0.4, -0.2) is 12.1 Å². The first-order valence-corrected chi connectivity index (χ1v) is 4.58. The monoisotopic (exact) mass is 182 g/mol. The number of nitrogens with two attached hydrogens (primary N) is 1. The van der Waals surface area contributed by atoms with Crippen LogP contribution in [0.15, 0.2) is 6.08 Å². The molecule has 3 nitrogen and oxygen atoms in total. The van der Waals surface area contributed by atoms with Crippen molar-refractivity contribution in [1.29, 1.82) is 0 Å². The van der Waals surface area contributed by atoms with Crippen molar-refractivity contribution < 1.29 is 4.74 Å². The van der Waals surface area contributed by atoms with Gasteiger partial charge < -0.3 is 10.5 Å². The fraction of sp³-hybridized carbons (Fsp3) is 0.375. The van der Waals surface area contributed by atoms with E-state index in [0.29, 0.717) is 5.13 Å². The molecule has 1 heterocycles. The van der Waals surface area contributed by atoms with Gasteiger partial charge in [0.15, 0.2) is 5.13 Å². The summed E-state index contributed by atoms with van der Waals surface area (Å²) in [6.45, 7) is 0. The zero-order valence-electron chi connectivity index (χ0n) is 6.78. The van der Waals surface area contributed by atoms with E-state index in [-0.39, 0.29) is 6.10 Å². The van der Waals surface area contributed by atoms with E-state index in [1.807, 2.05) is 6.08 Å². The minimum atomic E-state index is 0.153. The van der Waals surface area contributed by atoms with E-state index >= 15 is 0 Å². The molecule has 2 rings (SSSR count). The number of ether oxygens (including phenoxy) is 1. The van der Waals surface area contributed by atoms with Crippen LogP contribution in [-0.2, 0) is 4.74 Å². The van der Waals surface area contributed by atoms with Crippen molar-refractivity contribution in [3.05, 3.63) is 16.6 Å². The van der Waals surface area contributed by atoms with E-state index in [0.717, 1.165) is 17.0 Å². The highest BCUT2D eigenvalue weighted by Gasteiger charge is 2.20. The smallest absolute Gasteiger partial charge is 0.180 e. The summed E-state index contributed by atoms with van der Waals surface area (Å²) in [5, 5.41) is 0.619. The molecule has 12 heavy (non-hydrogen) atoms. The molecular weight excluding hydrogens is 172 g/mol. The van der Waals surface area contributed by atoms with Crippen LogP contribution in [0.2, 0.25) is 0 Å². The van der Waals surface area contributed by atoms with Gasteiger partial charge in [0.25, 0.3) is 0 Å². The van der Waals surface area contributed by atoms with Gasteiger partial charge in [-0.15, -0.1) is 0 Å². The van der Waals surface area contributed by atoms with Crippen LogP contribution in [0.25, 0.3) is 6.08 Å². The molecule has 0 bridgehead atoms. The molecule has 1 aliphatic carbocycles. The molecular formula is C8H10N2OS. The second-order valence-corrected chi connectivity index (χ2v) is 3.73. The number of aromatic nitrogens is 1. The van der Waals surface area contributed by atoms with E-state index in [1.165, 1.54) is 11.3 Å². The number of anilines is 1. The molecule has 0 spiro atoms. The average molecular weight is 182 g/mol. The Bertz CT molecular complexity index is 319. The summed E-state index contributed by atoms with van der Waals surface area (Å²) in [7, 11) is 1.71. The second kappa shape index (κ2) is 2.88. The van der Waals surface area contributed by atoms with Gasteiger partial charge in [0.1, 0.15) is 0 Å². The first-order chi connectivity index (χ1) is 5.81. The SMILES string of the molecule is COC1CC=Cc2nc(N)sc21. The summed E-state index contributed by atoms with van der Waals surface area (Å²) in [6, 6.07) is 0. The summed E-state index contributed by atoms with van der Waals surface area (Å²) in [5.41, 5.74) is 6.56. The molecule has 0 aromatic carbocycles. The molecule has 4 heteroatoms. The zero-order valence-corrected chi connectivity index (χ0v) is 7.60. The topological polar surface area (TPSA) is 48.1 Å². The van der Waals surface area contributed by atoms with Crippen LogP contribution >= 0.6 is 11.3 Å². The van der Waals surface area contributed by atoms with Crippen molar-refractivity contribution >= 4 is 22.5 Å². The Balaban J connectivity index is 2.44. The predicted octanol–water partition coefficient (Wildman–Crippen LogP) is 1.83. The normalized spacial score (nSPS) is 20.9. The Morgan fingerprint density at radius 3 is 3.33 bits per heavy atom. The molecule has 1 aliphatic rings. The third-order valence-electron chi connectivity index (χ3n) is 1.90. The Morgan fingerprint density at radius 2 is 2.58 bits per heavy atom. The fourth-order valence-electron chi connectivity index (χ4n) is 1.33. The van der Waals surface area contributed by atoms with Gasteiger partial charge in [-0.05, 0) is 12.5 Å². The molecule has 1 unspecified atom stereocenters. The Labute approximate surface area is 74.9 Å². The lowest BCUT2D eigenvalue weighted by atomic mass is 10.1. The minimum Gasteiger partial charge on any atom is -0.376 e. The van der Waals surface area contributed by atoms with Crippen LogP contribution in [0.5, 0.6) is 0 Å². The van der Waals surface area contributed by atoms with Gasteiger partial charge >= 0.3 is 0 Å². The zero-order chi connectivity index (χ0) is 8.55. The number of methoxy groups -OCH3 is 1. The summed E-state index contributed by atoms with van der Waals surface area (Å²) in [6.07, 6.45) is 5.14. The average Bonchev–Trinajstić information content (AvgIpc) is 2.44. The number of hydrogen-bond acceptors (Lipinski definition) is 4. The quantitative estimate of drug-likeness (QED) is 0.720. The third-order valence-corrected chi connectivity index (χ3v) is 2.89. The molecule has 1 aromatic rings. The molecule has 0 saturated carbocycles. The van der Waals surface area contributed by atoms with Gasteiger partial charge in [0.05, 0.1) is 16.7 Å². The first-order valence-electron chi connectivity index (χ1n) is 3.77. The molecule has 0 saturated heterocycles. The van der Waals surface area contributed by atoms with Crippen molar-refractivity contribution in [2.45, 2.75) is 12.5 Å².